The number of amides is 1. The van der Waals surface area contributed by atoms with Crippen LogP contribution in [0.15, 0.2) is 18.2 Å². The van der Waals surface area contributed by atoms with E-state index < -0.39 is 0 Å². The number of nitrogens with one attached hydrogen (secondary N) is 1. The van der Waals surface area contributed by atoms with Crippen molar-refractivity contribution in [3.8, 4) is 5.75 Å². The van der Waals surface area contributed by atoms with Crippen molar-refractivity contribution in [1.82, 2.24) is 5.32 Å². The van der Waals surface area contributed by atoms with Crippen LogP contribution >= 0.6 is 0 Å². The number of ether oxygens (including phenoxy) is 2. The Hall–Kier alpha value is -1.75. The van der Waals surface area contributed by atoms with Crippen molar-refractivity contribution in [2.75, 3.05) is 26.5 Å². The maximum Gasteiger partial charge on any atom is 0.251 e. The molecule has 1 aliphatic rings. The van der Waals surface area contributed by atoms with Crippen molar-refractivity contribution in [1.29, 1.82) is 0 Å². The molecule has 1 fully saturated rings. The largest absolute Gasteiger partial charge is 0.495 e. The van der Waals surface area contributed by atoms with Crippen molar-refractivity contribution >= 4 is 11.6 Å². The Balaban J connectivity index is 2.00. The Morgan fingerprint density at radius 2 is 2.16 bits per heavy atom. The molecule has 1 aliphatic carbocycles. The predicted octanol–water partition coefficient (Wildman–Crippen LogP) is 1.58. The first-order valence-electron chi connectivity index (χ1n) is 6.37. The van der Waals surface area contributed by atoms with E-state index in [2.05, 4.69) is 5.32 Å². The Bertz CT molecular complexity index is 464. The third-order valence-corrected chi connectivity index (χ3v) is 3.76. The average molecular weight is 264 g/mol. The molecule has 1 aromatic carbocycles. The summed E-state index contributed by atoms with van der Waals surface area (Å²) in [6, 6.07) is 5.00. The Labute approximate surface area is 113 Å². The van der Waals surface area contributed by atoms with Gasteiger partial charge in [0.2, 0.25) is 0 Å². The van der Waals surface area contributed by atoms with Crippen molar-refractivity contribution in [2.45, 2.75) is 24.9 Å². The highest BCUT2D eigenvalue weighted by Gasteiger charge is 2.37. The predicted molar refractivity (Wildman–Crippen MR) is 73.3 cm³/mol. The van der Waals surface area contributed by atoms with Crippen LogP contribution in [0.5, 0.6) is 5.75 Å². The van der Waals surface area contributed by atoms with Crippen LogP contribution in [0.25, 0.3) is 0 Å². The molecule has 2 rings (SSSR count). The fourth-order valence-electron chi connectivity index (χ4n) is 2.22. The standard InChI is InChI=1S/C14H20N2O3/c1-18-12-8-10(4-5-11(12)15)13(17)16-9-14(19-2)6-3-7-14/h4-5,8H,3,6-7,9,15H2,1-2H3,(H,16,17). The van der Waals surface area contributed by atoms with Crippen LogP contribution in [-0.4, -0.2) is 32.3 Å². The second kappa shape index (κ2) is 5.48. The van der Waals surface area contributed by atoms with E-state index in [4.69, 9.17) is 15.2 Å². The molecule has 0 spiro atoms. The van der Waals surface area contributed by atoms with E-state index in [1.807, 2.05) is 0 Å². The maximum absolute atomic E-state index is 12.1. The van der Waals surface area contributed by atoms with E-state index in [-0.39, 0.29) is 11.5 Å². The van der Waals surface area contributed by atoms with Crippen molar-refractivity contribution < 1.29 is 14.3 Å². The van der Waals surface area contributed by atoms with E-state index in [1.165, 1.54) is 7.11 Å². The van der Waals surface area contributed by atoms with E-state index in [1.54, 1.807) is 25.3 Å². The average Bonchev–Trinajstić information content (AvgIpc) is 2.38. The van der Waals surface area contributed by atoms with Gasteiger partial charge in [-0.05, 0) is 37.5 Å². The first kappa shape index (κ1) is 13.7. The summed E-state index contributed by atoms with van der Waals surface area (Å²) in [5.41, 5.74) is 6.60. The Morgan fingerprint density at radius 1 is 1.42 bits per heavy atom. The second-order valence-corrected chi connectivity index (χ2v) is 4.88. The fraction of sp³-hybridized carbons (Fsp3) is 0.500. The van der Waals surface area contributed by atoms with Crippen LogP contribution in [0.3, 0.4) is 0 Å². The van der Waals surface area contributed by atoms with Crippen LogP contribution in [0, 0.1) is 0 Å². The number of hydrogen-bond donors (Lipinski definition) is 2. The van der Waals surface area contributed by atoms with Crippen LogP contribution in [0.1, 0.15) is 29.6 Å². The van der Waals surface area contributed by atoms with E-state index >= 15 is 0 Å². The molecule has 104 valence electrons. The lowest BCUT2D eigenvalue weighted by Crippen LogP contribution is -2.49. The van der Waals surface area contributed by atoms with Gasteiger partial charge in [0, 0.05) is 19.2 Å². The molecule has 0 atom stereocenters. The molecular weight excluding hydrogens is 244 g/mol. The summed E-state index contributed by atoms with van der Waals surface area (Å²) in [6.45, 7) is 0.537. The van der Waals surface area contributed by atoms with E-state index in [0.717, 1.165) is 19.3 Å². The number of carbonyl (C=O) groups excluding carboxylic acids is 1. The molecule has 3 N–H and O–H groups in total. The molecule has 5 nitrogen and oxygen atoms in total. The highest BCUT2D eigenvalue weighted by molar-refractivity contribution is 5.95. The van der Waals surface area contributed by atoms with Gasteiger partial charge in [0.25, 0.3) is 5.91 Å². The summed E-state index contributed by atoms with van der Waals surface area (Å²) in [5.74, 6) is 0.374. The molecule has 1 saturated carbocycles. The first-order valence-corrected chi connectivity index (χ1v) is 6.37. The molecule has 0 heterocycles. The molecule has 0 bridgehead atoms. The smallest absolute Gasteiger partial charge is 0.251 e. The highest BCUT2D eigenvalue weighted by atomic mass is 16.5. The number of nitrogen functional groups attached to an aromatic ring is 1. The number of methoxy groups -OCH3 is 2. The number of nitrogens with two attached hydrogens (primary N) is 1. The molecule has 1 amide bonds. The van der Waals surface area contributed by atoms with Crippen molar-refractivity contribution in [3.05, 3.63) is 23.8 Å². The summed E-state index contributed by atoms with van der Waals surface area (Å²) in [5, 5.41) is 2.90. The van der Waals surface area contributed by atoms with Crippen LogP contribution in [0.2, 0.25) is 0 Å². The lowest BCUT2D eigenvalue weighted by atomic mass is 9.80. The molecule has 1 aromatic rings. The second-order valence-electron chi connectivity index (χ2n) is 4.88. The van der Waals surface area contributed by atoms with Gasteiger partial charge in [0.05, 0.1) is 18.4 Å². The number of benzene rings is 1. The Morgan fingerprint density at radius 3 is 2.68 bits per heavy atom. The third-order valence-electron chi connectivity index (χ3n) is 3.76. The highest BCUT2D eigenvalue weighted by Crippen LogP contribution is 2.34. The fourth-order valence-corrected chi connectivity index (χ4v) is 2.22. The molecule has 0 aliphatic heterocycles. The van der Waals surface area contributed by atoms with Gasteiger partial charge in [0.1, 0.15) is 5.75 Å². The van der Waals surface area contributed by atoms with Crippen molar-refractivity contribution in [3.63, 3.8) is 0 Å². The minimum Gasteiger partial charge on any atom is -0.495 e. The van der Waals surface area contributed by atoms with Gasteiger partial charge in [0.15, 0.2) is 0 Å². The zero-order valence-corrected chi connectivity index (χ0v) is 11.4. The zero-order valence-electron chi connectivity index (χ0n) is 11.4. The van der Waals surface area contributed by atoms with Gasteiger partial charge >= 0.3 is 0 Å². The summed E-state index contributed by atoms with van der Waals surface area (Å²) in [7, 11) is 3.22. The third kappa shape index (κ3) is 2.81. The molecule has 5 heteroatoms. The number of hydrogen-bond acceptors (Lipinski definition) is 4. The molecule has 0 aromatic heterocycles. The topological polar surface area (TPSA) is 73.6 Å². The minimum atomic E-state index is -0.173. The monoisotopic (exact) mass is 264 g/mol. The summed E-state index contributed by atoms with van der Waals surface area (Å²) < 4.78 is 10.6. The molecular formula is C14H20N2O3. The lowest BCUT2D eigenvalue weighted by Gasteiger charge is -2.40. The quantitative estimate of drug-likeness (QED) is 0.792. The van der Waals surface area contributed by atoms with Crippen LogP contribution in [0.4, 0.5) is 5.69 Å². The summed E-state index contributed by atoms with van der Waals surface area (Å²) >= 11 is 0. The van der Waals surface area contributed by atoms with Gasteiger partial charge in [-0.3, -0.25) is 4.79 Å². The number of carbonyl (C=O) groups is 1. The molecule has 0 radical (unpaired) electrons. The summed E-state index contributed by atoms with van der Waals surface area (Å²) in [4.78, 5) is 12.1. The first-order chi connectivity index (χ1) is 9.10. The molecule has 0 saturated heterocycles. The van der Waals surface area contributed by atoms with Crippen LogP contribution < -0.4 is 15.8 Å². The number of rotatable bonds is 5. The summed E-state index contributed by atoms with van der Waals surface area (Å²) in [6.07, 6.45) is 3.14. The van der Waals surface area contributed by atoms with Crippen molar-refractivity contribution in [2.24, 2.45) is 0 Å². The number of anilines is 1. The molecule has 19 heavy (non-hydrogen) atoms. The van der Waals surface area contributed by atoms with Gasteiger partial charge in [-0.15, -0.1) is 0 Å². The maximum atomic E-state index is 12.1. The van der Waals surface area contributed by atoms with Gasteiger partial charge in [-0.25, -0.2) is 0 Å². The normalized spacial score (nSPS) is 16.5. The zero-order chi connectivity index (χ0) is 13.9. The SMILES string of the molecule is COc1cc(C(=O)NCC2(OC)CCC2)ccc1N. The lowest BCUT2D eigenvalue weighted by molar-refractivity contribution is -0.0679. The van der Waals surface area contributed by atoms with Gasteiger partial charge in [-0.1, -0.05) is 0 Å². The van der Waals surface area contributed by atoms with E-state index in [9.17, 15) is 4.79 Å². The van der Waals surface area contributed by atoms with Gasteiger partial charge < -0.3 is 20.5 Å². The Kier molecular flexibility index (Phi) is 3.95. The van der Waals surface area contributed by atoms with E-state index in [0.29, 0.717) is 23.5 Å². The molecule has 0 unspecified atom stereocenters. The van der Waals surface area contributed by atoms with Crippen LogP contribution in [-0.2, 0) is 4.74 Å². The minimum absolute atomic E-state index is 0.137. The van der Waals surface area contributed by atoms with Gasteiger partial charge in [-0.2, -0.15) is 0 Å².